The van der Waals surface area contributed by atoms with Gasteiger partial charge in [-0.1, -0.05) is 41.9 Å². The normalized spacial score (nSPS) is 14.5. The zero-order valence-electron chi connectivity index (χ0n) is 19.2. The molecular formula is C28H25ClN6. The second kappa shape index (κ2) is 9.49. The fraction of sp³-hybridized carbons (Fsp3) is 0.179. The molecule has 2 aromatic carbocycles. The van der Waals surface area contributed by atoms with Crippen molar-refractivity contribution in [2.24, 2.45) is 0 Å². The highest BCUT2D eigenvalue weighted by atomic mass is 35.5. The van der Waals surface area contributed by atoms with Gasteiger partial charge in [0.15, 0.2) is 0 Å². The van der Waals surface area contributed by atoms with Gasteiger partial charge in [0.2, 0.25) is 0 Å². The third-order valence-electron chi connectivity index (χ3n) is 6.49. The van der Waals surface area contributed by atoms with Crippen LogP contribution in [0, 0.1) is 0 Å². The molecule has 6 rings (SSSR count). The fourth-order valence-electron chi connectivity index (χ4n) is 4.64. The summed E-state index contributed by atoms with van der Waals surface area (Å²) < 4.78 is 0. The third-order valence-corrected chi connectivity index (χ3v) is 6.79. The molecule has 1 fully saturated rings. The number of rotatable bonds is 5. The Labute approximate surface area is 209 Å². The molecule has 0 saturated carbocycles. The van der Waals surface area contributed by atoms with Gasteiger partial charge in [0.25, 0.3) is 0 Å². The molecular weight excluding hydrogens is 456 g/mol. The number of aromatic nitrogens is 4. The minimum absolute atomic E-state index is 0.650. The molecule has 0 aliphatic carbocycles. The first kappa shape index (κ1) is 21.8. The summed E-state index contributed by atoms with van der Waals surface area (Å²) in [4.78, 5) is 22.1. The molecule has 174 valence electrons. The van der Waals surface area contributed by atoms with Crippen molar-refractivity contribution in [3.8, 4) is 22.6 Å². The van der Waals surface area contributed by atoms with Gasteiger partial charge in [-0.2, -0.15) is 0 Å². The lowest BCUT2D eigenvalue weighted by atomic mass is 10.1. The summed E-state index contributed by atoms with van der Waals surface area (Å²) in [5.74, 6) is 0.804. The number of nitrogens with one attached hydrogen (secondary N) is 1. The molecule has 0 radical (unpaired) electrons. The van der Waals surface area contributed by atoms with Gasteiger partial charge in [-0.25, -0.2) is 4.98 Å². The molecule has 0 unspecified atom stereocenters. The van der Waals surface area contributed by atoms with Gasteiger partial charge in [-0.15, -0.1) is 0 Å². The molecule has 3 aromatic heterocycles. The number of fused-ring (bicyclic) bond motifs is 1. The van der Waals surface area contributed by atoms with Crippen LogP contribution in [0.15, 0.2) is 85.2 Å². The SMILES string of the molecule is Clc1cccc2[nH]c(-c3cccc(-c4cccc(CN5CCN(c6ccncc6)CC5)n4)c3)nc12. The van der Waals surface area contributed by atoms with E-state index in [1.54, 1.807) is 0 Å². The van der Waals surface area contributed by atoms with Gasteiger partial charge in [0.1, 0.15) is 11.3 Å². The van der Waals surface area contributed by atoms with E-state index in [0.29, 0.717) is 5.02 Å². The van der Waals surface area contributed by atoms with E-state index in [0.717, 1.165) is 72.1 Å². The second-order valence-electron chi connectivity index (χ2n) is 8.78. The van der Waals surface area contributed by atoms with E-state index < -0.39 is 0 Å². The predicted octanol–water partition coefficient (Wildman–Crippen LogP) is 5.66. The van der Waals surface area contributed by atoms with Gasteiger partial charge >= 0.3 is 0 Å². The molecule has 0 atom stereocenters. The Kier molecular flexibility index (Phi) is 5.90. The van der Waals surface area contributed by atoms with Crippen LogP contribution >= 0.6 is 11.6 Å². The van der Waals surface area contributed by atoms with Crippen molar-refractivity contribution in [3.63, 3.8) is 0 Å². The van der Waals surface area contributed by atoms with Crippen LogP contribution < -0.4 is 4.90 Å². The monoisotopic (exact) mass is 480 g/mol. The number of halogens is 1. The average Bonchev–Trinajstić information content (AvgIpc) is 3.36. The molecule has 1 aliphatic heterocycles. The van der Waals surface area contributed by atoms with Crippen molar-refractivity contribution in [1.29, 1.82) is 0 Å². The summed E-state index contributed by atoms with van der Waals surface area (Å²) >= 11 is 6.32. The molecule has 0 bridgehead atoms. The van der Waals surface area contributed by atoms with Crippen molar-refractivity contribution >= 4 is 28.3 Å². The van der Waals surface area contributed by atoms with Gasteiger partial charge in [-0.05, 0) is 42.5 Å². The van der Waals surface area contributed by atoms with E-state index in [-0.39, 0.29) is 0 Å². The van der Waals surface area contributed by atoms with Crippen LogP contribution in [0.3, 0.4) is 0 Å². The van der Waals surface area contributed by atoms with Crippen LogP contribution in [0.2, 0.25) is 5.02 Å². The molecule has 1 aliphatic rings. The molecule has 6 nitrogen and oxygen atoms in total. The minimum Gasteiger partial charge on any atom is -0.369 e. The summed E-state index contributed by atoms with van der Waals surface area (Å²) in [5.41, 5.74) is 7.09. The highest BCUT2D eigenvalue weighted by Gasteiger charge is 2.18. The maximum atomic E-state index is 6.32. The number of imidazole rings is 1. The van der Waals surface area contributed by atoms with Gasteiger partial charge in [-0.3, -0.25) is 14.9 Å². The quantitative estimate of drug-likeness (QED) is 0.351. The lowest BCUT2D eigenvalue weighted by Gasteiger charge is -2.35. The molecule has 1 saturated heterocycles. The largest absolute Gasteiger partial charge is 0.369 e. The van der Waals surface area contributed by atoms with E-state index in [4.69, 9.17) is 21.6 Å². The van der Waals surface area contributed by atoms with E-state index in [1.807, 2.05) is 36.7 Å². The van der Waals surface area contributed by atoms with E-state index >= 15 is 0 Å². The first-order valence-corrected chi connectivity index (χ1v) is 12.2. The van der Waals surface area contributed by atoms with Gasteiger partial charge < -0.3 is 9.88 Å². The predicted molar refractivity (Wildman–Crippen MR) is 141 cm³/mol. The van der Waals surface area contributed by atoms with Crippen molar-refractivity contribution in [1.82, 2.24) is 24.8 Å². The van der Waals surface area contributed by atoms with Crippen molar-refractivity contribution in [2.75, 3.05) is 31.1 Å². The lowest BCUT2D eigenvalue weighted by Crippen LogP contribution is -2.46. The second-order valence-corrected chi connectivity index (χ2v) is 9.19. The van der Waals surface area contributed by atoms with Crippen LogP contribution in [0.4, 0.5) is 5.69 Å². The molecule has 0 amide bonds. The number of benzene rings is 2. The Bertz CT molecular complexity index is 1460. The first-order chi connectivity index (χ1) is 17.2. The minimum atomic E-state index is 0.650. The van der Waals surface area contributed by atoms with Crippen molar-refractivity contribution in [2.45, 2.75) is 6.54 Å². The smallest absolute Gasteiger partial charge is 0.138 e. The summed E-state index contributed by atoms with van der Waals surface area (Å²) in [5, 5.41) is 0.650. The Balaban J connectivity index is 1.18. The summed E-state index contributed by atoms with van der Waals surface area (Å²) in [7, 11) is 0. The topological polar surface area (TPSA) is 60.9 Å². The molecule has 4 heterocycles. The zero-order valence-corrected chi connectivity index (χ0v) is 20.0. The number of para-hydroxylation sites is 1. The number of hydrogen-bond donors (Lipinski definition) is 1. The van der Waals surface area contributed by atoms with Gasteiger partial charge in [0.05, 0.1) is 21.9 Å². The number of piperazine rings is 1. The molecule has 35 heavy (non-hydrogen) atoms. The summed E-state index contributed by atoms with van der Waals surface area (Å²) in [6, 6.07) is 24.5. The summed E-state index contributed by atoms with van der Waals surface area (Å²) in [6.45, 7) is 4.89. The Morgan fingerprint density at radius 1 is 0.800 bits per heavy atom. The van der Waals surface area contributed by atoms with E-state index in [1.165, 1.54) is 5.69 Å². The number of H-pyrrole nitrogens is 1. The van der Waals surface area contributed by atoms with Crippen LogP contribution in [0.25, 0.3) is 33.7 Å². The molecule has 1 N–H and O–H groups in total. The number of nitrogens with zero attached hydrogens (tertiary/aromatic N) is 5. The zero-order chi connectivity index (χ0) is 23.6. The molecule has 5 aromatic rings. The van der Waals surface area contributed by atoms with Crippen LogP contribution in [0.1, 0.15) is 5.69 Å². The molecule has 0 spiro atoms. The van der Waals surface area contributed by atoms with Crippen LogP contribution in [0.5, 0.6) is 0 Å². The number of hydrogen-bond acceptors (Lipinski definition) is 5. The molecule has 7 heteroatoms. The highest BCUT2D eigenvalue weighted by molar-refractivity contribution is 6.35. The maximum absolute atomic E-state index is 6.32. The Morgan fingerprint density at radius 3 is 2.40 bits per heavy atom. The van der Waals surface area contributed by atoms with Crippen molar-refractivity contribution < 1.29 is 0 Å². The lowest BCUT2D eigenvalue weighted by molar-refractivity contribution is 0.247. The summed E-state index contributed by atoms with van der Waals surface area (Å²) in [6.07, 6.45) is 3.71. The van der Waals surface area contributed by atoms with E-state index in [2.05, 4.69) is 68.3 Å². The number of pyridine rings is 2. The highest BCUT2D eigenvalue weighted by Crippen LogP contribution is 2.28. The Hall–Kier alpha value is -3.74. The van der Waals surface area contributed by atoms with Gasteiger partial charge in [0, 0.05) is 61.9 Å². The van der Waals surface area contributed by atoms with Crippen molar-refractivity contribution in [3.05, 3.63) is 95.9 Å². The maximum Gasteiger partial charge on any atom is 0.138 e. The number of anilines is 1. The average molecular weight is 481 g/mol. The van der Waals surface area contributed by atoms with Crippen LogP contribution in [-0.2, 0) is 6.54 Å². The van der Waals surface area contributed by atoms with Crippen LogP contribution in [-0.4, -0.2) is 51.0 Å². The third kappa shape index (κ3) is 4.63. The Morgan fingerprint density at radius 2 is 1.57 bits per heavy atom. The number of aromatic amines is 1. The van der Waals surface area contributed by atoms with E-state index in [9.17, 15) is 0 Å². The standard InChI is InChI=1S/C28H25ClN6/c29-24-7-3-9-26-27(24)33-28(32-26)21-5-1-4-20(18-21)25-8-2-6-22(31-25)19-34-14-16-35(17-15-34)23-10-12-30-13-11-23/h1-13,18H,14-17,19H2,(H,32,33). The fourth-order valence-corrected chi connectivity index (χ4v) is 4.85. The first-order valence-electron chi connectivity index (χ1n) is 11.8.